The fraction of sp³-hybridized carbons (Fsp3) is 0.300. The molecule has 0 saturated carbocycles. The average molecular weight is 466 g/mol. The van der Waals surface area contributed by atoms with Gasteiger partial charge in [-0.2, -0.15) is 0 Å². The molecule has 178 valence electrons. The lowest BCUT2D eigenvalue weighted by molar-refractivity contribution is -0.123. The molecule has 0 radical (unpaired) electrons. The van der Waals surface area contributed by atoms with Gasteiger partial charge in [0, 0.05) is 37.4 Å². The molecule has 0 saturated heterocycles. The van der Waals surface area contributed by atoms with Gasteiger partial charge in [-0.3, -0.25) is 14.6 Å². The number of rotatable bonds is 2. The summed E-state index contributed by atoms with van der Waals surface area (Å²) in [6, 6.07) is 19.7. The summed E-state index contributed by atoms with van der Waals surface area (Å²) in [6.45, 7) is 8.16. The highest BCUT2D eigenvalue weighted by Gasteiger charge is 2.44. The number of nitrogens with zero attached hydrogens (tertiary/aromatic N) is 2. The minimum absolute atomic E-state index is 0.0237. The smallest absolute Gasteiger partial charge is 0.224 e. The largest absolute Gasteiger partial charge is 0.357 e. The molecule has 0 fully saturated rings. The molecule has 3 aromatic rings. The summed E-state index contributed by atoms with van der Waals surface area (Å²) in [4.78, 5) is 32.8. The highest BCUT2D eigenvalue weighted by molar-refractivity contribution is 6.00. The Morgan fingerprint density at radius 3 is 2.31 bits per heavy atom. The van der Waals surface area contributed by atoms with Gasteiger partial charge in [0.15, 0.2) is 0 Å². The molecule has 1 aliphatic carbocycles. The minimum atomic E-state index is -0.487. The van der Waals surface area contributed by atoms with E-state index in [2.05, 4.69) is 61.4 Å². The van der Waals surface area contributed by atoms with E-state index in [1.165, 1.54) is 5.56 Å². The Bertz CT molecular complexity index is 1290. The normalized spacial score (nSPS) is 21.8. The van der Waals surface area contributed by atoms with E-state index in [9.17, 15) is 9.59 Å². The number of benzene rings is 2. The zero-order valence-corrected chi connectivity index (χ0v) is 20.7. The second-order valence-corrected chi connectivity index (χ2v) is 10.5. The van der Waals surface area contributed by atoms with Gasteiger partial charge in [-0.25, -0.2) is 0 Å². The molecule has 2 aromatic carbocycles. The lowest BCUT2D eigenvalue weighted by Crippen LogP contribution is -2.41. The van der Waals surface area contributed by atoms with Gasteiger partial charge in [0.2, 0.25) is 5.91 Å². The van der Waals surface area contributed by atoms with Gasteiger partial charge in [0.25, 0.3) is 0 Å². The van der Waals surface area contributed by atoms with E-state index in [4.69, 9.17) is 0 Å². The van der Waals surface area contributed by atoms with Crippen molar-refractivity contribution in [1.29, 1.82) is 0 Å². The number of Topliss-reactive ketones (excluding diaryl/α,β-unsaturated/α-hetero) is 1. The number of aromatic nitrogens is 1. The number of allylic oxidation sites excluding steroid dienone is 1. The summed E-state index contributed by atoms with van der Waals surface area (Å²) < 4.78 is 0. The number of carbonyl (C=O) groups is 2. The number of nitrogens with one attached hydrogen (secondary N) is 1. The van der Waals surface area contributed by atoms with Crippen molar-refractivity contribution in [2.75, 3.05) is 10.2 Å². The van der Waals surface area contributed by atoms with E-state index in [1.807, 2.05) is 36.4 Å². The average Bonchev–Trinajstić information content (AvgIpc) is 2.99. The van der Waals surface area contributed by atoms with Crippen molar-refractivity contribution in [3.63, 3.8) is 0 Å². The zero-order valence-electron chi connectivity index (χ0n) is 20.7. The van der Waals surface area contributed by atoms with Crippen molar-refractivity contribution >= 4 is 23.1 Å². The molecule has 0 spiro atoms. The third-order valence-electron chi connectivity index (χ3n) is 7.11. The summed E-state index contributed by atoms with van der Waals surface area (Å²) in [7, 11) is 0. The Kier molecular flexibility index (Phi) is 5.79. The predicted molar refractivity (Wildman–Crippen MR) is 139 cm³/mol. The molecule has 5 nitrogen and oxygen atoms in total. The Hall–Kier alpha value is -3.73. The van der Waals surface area contributed by atoms with Gasteiger partial charge < -0.3 is 10.2 Å². The van der Waals surface area contributed by atoms with Crippen LogP contribution in [0.4, 0.5) is 11.4 Å². The van der Waals surface area contributed by atoms with Gasteiger partial charge in [-0.05, 0) is 46.4 Å². The number of pyridine rings is 1. The van der Waals surface area contributed by atoms with Crippen LogP contribution in [0.25, 0.3) is 0 Å². The number of anilines is 2. The number of hydrogen-bond donors (Lipinski definition) is 1. The Labute approximate surface area is 206 Å². The van der Waals surface area contributed by atoms with Crippen LogP contribution < -0.4 is 10.2 Å². The highest BCUT2D eigenvalue weighted by atomic mass is 16.2. The lowest BCUT2D eigenvalue weighted by atomic mass is 9.75. The number of ketones is 1. The van der Waals surface area contributed by atoms with Crippen molar-refractivity contribution in [1.82, 2.24) is 4.98 Å². The molecule has 1 N–H and O–H groups in total. The molecular weight excluding hydrogens is 434 g/mol. The van der Waals surface area contributed by atoms with Gasteiger partial charge in [0.05, 0.1) is 23.3 Å². The number of para-hydroxylation sites is 2. The van der Waals surface area contributed by atoms with Crippen LogP contribution in [0.1, 0.15) is 62.8 Å². The SMILES string of the molecule is CC(=O)N1c2ccccc2NC2=CC(c3ccc(C(C)(C)C)cc3)CC(=O)C2C1c1ccncc1. The molecule has 5 heteroatoms. The second kappa shape index (κ2) is 8.81. The fourth-order valence-electron chi connectivity index (χ4n) is 5.32. The first-order valence-corrected chi connectivity index (χ1v) is 12.1. The Balaban J connectivity index is 1.64. The molecule has 1 amide bonds. The van der Waals surface area contributed by atoms with Gasteiger partial charge in [0.1, 0.15) is 5.78 Å². The van der Waals surface area contributed by atoms with Gasteiger partial charge in [-0.15, -0.1) is 0 Å². The van der Waals surface area contributed by atoms with Gasteiger partial charge in [-0.1, -0.05) is 63.2 Å². The molecule has 0 bridgehead atoms. The summed E-state index contributed by atoms with van der Waals surface area (Å²) >= 11 is 0. The quantitative estimate of drug-likeness (QED) is 0.493. The first kappa shape index (κ1) is 23.0. The summed E-state index contributed by atoms with van der Waals surface area (Å²) in [6.07, 6.45) is 6.02. The predicted octanol–water partition coefficient (Wildman–Crippen LogP) is 6.16. The summed E-state index contributed by atoms with van der Waals surface area (Å²) in [5.74, 6) is -0.487. The van der Waals surface area contributed by atoms with Crippen molar-refractivity contribution < 1.29 is 9.59 Å². The van der Waals surface area contributed by atoms with Crippen LogP contribution in [0, 0.1) is 5.92 Å². The first-order chi connectivity index (χ1) is 16.7. The van der Waals surface area contributed by atoms with Crippen LogP contribution in [0.5, 0.6) is 0 Å². The summed E-state index contributed by atoms with van der Waals surface area (Å²) in [5.41, 5.74) is 5.81. The van der Waals surface area contributed by atoms with Crippen LogP contribution in [-0.4, -0.2) is 16.7 Å². The topological polar surface area (TPSA) is 62.3 Å². The minimum Gasteiger partial charge on any atom is -0.357 e. The monoisotopic (exact) mass is 465 g/mol. The van der Waals surface area contributed by atoms with Gasteiger partial charge >= 0.3 is 0 Å². The Morgan fingerprint density at radius 2 is 1.66 bits per heavy atom. The van der Waals surface area contributed by atoms with E-state index in [1.54, 1.807) is 24.2 Å². The van der Waals surface area contributed by atoms with Crippen LogP contribution in [0.2, 0.25) is 0 Å². The molecule has 2 heterocycles. The Morgan fingerprint density at radius 1 is 0.971 bits per heavy atom. The van der Waals surface area contributed by atoms with Crippen molar-refractivity contribution in [3.8, 4) is 0 Å². The second-order valence-electron chi connectivity index (χ2n) is 10.5. The maximum atomic E-state index is 13.9. The van der Waals surface area contributed by atoms with Crippen LogP contribution in [-0.2, 0) is 15.0 Å². The first-order valence-electron chi connectivity index (χ1n) is 12.1. The van der Waals surface area contributed by atoms with E-state index in [0.717, 1.165) is 28.2 Å². The van der Waals surface area contributed by atoms with Crippen LogP contribution >= 0.6 is 0 Å². The third kappa shape index (κ3) is 4.27. The lowest BCUT2D eigenvalue weighted by Gasteiger charge is -2.37. The number of fused-ring (bicyclic) bond motifs is 2. The molecule has 1 aromatic heterocycles. The van der Waals surface area contributed by atoms with Crippen LogP contribution in [0.3, 0.4) is 0 Å². The fourth-order valence-corrected chi connectivity index (χ4v) is 5.32. The highest BCUT2D eigenvalue weighted by Crippen LogP contribution is 2.47. The van der Waals surface area contributed by atoms with Crippen molar-refractivity contribution in [2.45, 2.75) is 51.5 Å². The van der Waals surface area contributed by atoms with E-state index in [0.29, 0.717) is 6.42 Å². The summed E-state index contributed by atoms with van der Waals surface area (Å²) in [5, 5.41) is 3.54. The van der Waals surface area contributed by atoms with E-state index in [-0.39, 0.29) is 23.0 Å². The van der Waals surface area contributed by atoms with Crippen molar-refractivity contribution in [3.05, 3.63) is 102 Å². The molecule has 3 unspecified atom stereocenters. The number of hydrogen-bond acceptors (Lipinski definition) is 4. The zero-order chi connectivity index (χ0) is 24.7. The molecule has 35 heavy (non-hydrogen) atoms. The maximum Gasteiger partial charge on any atom is 0.224 e. The van der Waals surface area contributed by atoms with E-state index >= 15 is 0 Å². The van der Waals surface area contributed by atoms with Crippen molar-refractivity contribution in [2.24, 2.45) is 5.92 Å². The van der Waals surface area contributed by atoms with Crippen LogP contribution in [0.15, 0.2) is 84.8 Å². The molecular formula is C30H31N3O2. The maximum absolute atomic E-state index is 13.9. The number of amides is 1. The number of carbonyl (C=O) groups excluding carboxylic acids is 2. The molecule has 5 rings (SSSR count). The standard InChI is InChI=1S/C30H31N3O2/c1-19(34)33-26-8-6-5-7-24(26)32-25-17-22(20-9-11-23(12-10-20)30(2,3)4)18-27(35)28(25)29(33)21-13-15-31-16-14-21/h5-17,22,28-29,32H,18H2,1-4H3. The molecule has 1 aliphatic heterocycles. The molecule has 3 atom stereocenters. The van der Waals surface area contributed by atoms with E-state index < -0.39 is 12.0 Å². The third-order valence-corrected chi connectivity index (χ3v) is 7.11. The molecule has 2 aliphatic rings.